The molecule has 2 aromatic carbocycles. The molecule has 3 fully saturated rings. The number of nitrogens with one attached hydrogen (secondary N) is 1. The average Bonchev–Trinajstić information content (AvgIpc) is 3.28. The number of fused-ring (bicyclic) bond motifs is 3. The van der Waals surface area contributed by atoms with Gasteiger partial charge >= 0.3 is 0 Å². The van der Waals surface area contributed by atoms with Crippen molar-refractivity contribution < 1.29 is 13.9 Å². The number of ether oxygens (including phenoxy) is 1. The Morgan fingerprint density at radius 3 is 2.37 bits per heavy atom. The van der Waals surface area contributed by atoms with E-state index in [0.717, 1.165) is 43.0 Å². The summed E-state index contributed by atoms with van der Waals surface area (Å²) in [6.07, 6.45) is 2.33. The molecule has 0 radical (unpaired) electrons. The van der Waals surface area contributed by atoms with Crippen LogP contribution in [0.1, 0.15) is 30.3 Å². The Morgan fingerprint density at radius 1 is 0.967 bits per heavy atom. The van der Waals surface area contributed by atoms with Crippen molar-refractivity contribution >= 4 is 5.91 Å². The first-order valence-corrected chi connectivity index (χ1v) is 10.7. The van der Waals surface area contributed by atoms with E-state index in [1.807, 2.05) is 60.7 Å². The topological polar surface area (TPSA) is 54.7 Å². The van der Waals surface area contributed by atoms with E-state index in [-0.39, 0.29) is 11.9 Å². The Balaban J connectivity index is 1.25. The smallest absolute Gasteiger partial charge is 0.287 e. The van der Waals surface area contributed by atoms with E-state index in [9.17, 15) is 4.79 Å². The van der Waals surface area contributed by atoms with Crippen LogP contribution in [-0.4, -0.2) is 36.0 Å². The van der Waals surface area contributed by atoms with Gasteiger partial charge in [0.25, 0.3) is 5.91 Å². The van der Waals surface area contributed by atoms with Gasteiger partial charge in [-0.05, 0) is 87.3 Å². The molecule has 3 aliphatic heterocycles. The first kappa shape index (κ1) is 18.9. The predicted molar refractivity (Wildman–Crippen MR) is 116 cm³/mol. The molecule has 4 heterocycles. The zero-order chi connectivity index (χ0) is 20.5. The summed E-state index contributed by atoms with van der Waals surface area (Å²) in [5.74, 6) is 3.03. The molecular weight excluding hydrogens is 376 g/mol. The molecule has 0 saturated carbocycles. The van der Waals surface area contributed by atoms with Crippen molar-refractivity contribution in [1.29, 1.82) is 0 Å². The minimum absolute atomic E-state index is 0.129. The predicted octanol–water partition coefficient (Wildman–Crippen LogP) is 4.95. The van der Waals surface area contributed by atoms with E-state index in [2.05, 4.69) is 17.1 Å². The summed E-state index contributed by atoms with van der Waals surface area (Å²) in [7, 11) is 0. The van der Waals surface area contributed by atoms with Crippen LogP contribution in [0, 0.1) is 5.92 Å². The van der Waals surface area contributed by atoms with Gasteiger partial charge in [0.1, 0.15) is 17.3 Å². The average molecular weight is 402 g/mol. The van der Waals surface area contributed by atoms with E-state index >= 15 is 0 Å². The molecular formula is C25H26N2O3. The Morgan fingerprint density at radius 2 is 1.67 bits per heavy atom. The molecule has 5 nitrogen and oxygen atoms in total. The van der Waals surface area contributed by atoms with Gasteiger partial charge < -0.3 is 14.5 Å². The zero-order valence-corrected chi connectivity index (χ0v) is 17.1. The summed E-state index contributed by atoms with van der Waals surface area (Å²) in [4.78, 5) is 15.3. The number of benzene rings is 2. The van der Waals surface area contributed by atoms with Crippen molar-refractivity contribution in [1.82, 2.24) is 10.2 Å². The molecule has 154 valence electrons. The SMILES string of the molecule is C[C@H]1[C@H](NC(=O)c2ccc(-c3ccc(Oc4ccccc4)cc3)o2)C2CCN1CC2. The minimum atomic E-state index is -0.129. The van der Waals surface area contributed by atoms with Gasteiger partial charge in [-0.15, -0.1) is 0 Å². The Hall–Kier alpha value is -3.05. The molecule has 30 heavy (non-hydrogen) atoms. The minimum Gasteiger partial charge on any atom is -0.457 e. The number of carbonyl (C=O) groups excluding carboxylic acids is 1. The quantitative estimate of drug-likeness (QED) is 0.656. The third kappa shape index (κ3) is 3.73. The third-order valence-electron chi connectivity index (χ3n) is 6.42. The maximum absolute atomic E-state index is 12.8. The summed E-state index contributed by atoms with van der Waals surface area (Å²) in [6, 6.07) is 21.5. The molecule has 2 bridgehead atoms. The number of amides is 1. The second kappa shape index (κ2) is 8.00. The van der Waals surface area contributed by atoms with E-state index in [1.54, 1.807) is 6.07 Å². The van der Waals surface area contributed by atoms with Crippen molar-refractivity contribution in [3.8, 4) is 22.8 Å². The third-order valence-corrected chi connectivity index (χ3v) is 6.42. The van der Waals surface area contributed by atoms with E-state index < -0.39 is 0 Å². The number of para-hydroxylation sites is 1. The highest BCUT2D eigenvalue weighted by Gasteiger charge is 2.40. The van der Waals surface area contributed by atoms with Gasteiger partial charge in [0.15, 0.2) is 5.76 Å². The monoisotopic (exact) mass is 402 g/mol. The zero-order valence-electron chi connectivity index (χ0n) is 17.1. The number of piperidine rings is 3. The number of hydrogen-bond donors (Lipinski definition) is 1. The molecule has 0 unspecified atom stereocenters. The lowest BCUT2D eigenvalue weighted by molar-refractivity contribution is 0.0211. The van der Waals surface area contributed by atoms with Gasteiger partial charge in [-0.25, -0.2) is 0 Å². The Kier molecular flexibility index (Phi) is 5.05. The fourth-order valence-corrected chi connectivity index (χ4v) is 4.69. The van der Waals surface area contributed by atoms with Crippen LogP contribution in [0.5, 0.6) is 11.5 Å². The molecule has 1 aromatic heterocycles. The van der Waals surface area contributed by atoms with Gasteiger partial charge in [0.05, 0.1) is 0 Å². The lowest BCUT2D eigenvalue weighted by Crippen LogP contribution is -2.62. The first-order valence-electron chi connectivity index (χ1n) is 10.7. The van der Waals surface area contributed by atoms with Crippen molar-refractivity contribution in [2.24, 2.45) is 5.92 Å². The van der Waals surface area contributed by atoms with Crippen molar-refractivity contribution in [2.45, 2.75) is 31.8 Å². The Bertz CT molecular complexity index is 1000. The van der Waals surface area contributed by atoms with Crippen LogP contribution in [-0.2, 0) is 0 Å². The van der Waals surface area contributed by atoms with Crippen LogP contribution in [0.3, 0.4) is 0 Å². The summed E-state index contributed by atoms with van der Waals surface area (Å²) < 4.78 is 11.7. The van der Waals surface area contributed by atoms with E-state index in [0.29, 0.717) is 23.5 Å². The van der Waals surface area contributed by atoms with Gasteiger partial charge in [0, 0.05) is 17.6 Å². The number of hydrogen-bond acceptors (Lipinski definition) is 4. The van der Waals surface area contributed by atoms with Gasteiger partial charge in [-0.2, -0.15) is 0 Å². The van der Waals surface area contributed by atoms with Crippen LogP contribution in [0.15, 0.2) is 71.1 Å². The fourth-order valence-electron chi connectivity index (χ4n) is 4.69. The molecule has 5 heteroatoms. The van der Waals surface area contributed by atoms with E-state index in [4.69, 9.17) is 9.15 Å². The summed E-state index contributed by atoms with van der Waals surface area (Å²) >= 11 is 0. The number of furan rings is 1. The molecule has 0 aliphatic carbocycles. The highest BCUT2D eigenvalue weighted by atomic mass is 16.5. The van der Waals surface area contributed by atoms with Crippen LogP contribution < -0.4 is 10.1 Å². The van der Waals surface area contributed by atoms with Crippen molar-refractivity contribution in [3.63, 3.8) is 0 Å². The highest BCUT2D eigenvalue weighted by Crippen LogP contribution is 2.32. The molecule has 1 N–H and O–H groups in total. The summed E-state index contributed by atoms with van der Waals surface area (Å²) in [5, 5.41) is 3.22. The summed E-state index contributed by atoms with van der Waals surface area (Å²) in [6.45, 7) is 4.50. The van der Waals surface area contributed by atoms with E-state index in [1.165, 1.54) is 0 Å². The number of carbonyl (C=O) groups is 1. The molecule has 2 atom stereocenters. The first-order chi connectivity index (χ1) is 14.7. The van der Waals surface area contributed by atoms with Crippen LogP contribution in [0.4, 0.5) is 0 Å². The van der Waals surface area contributed by atoms with Crippen molar-refractivity contribution in [2.75, 3.05) is 13.1 Å². The van der Waals surface area contributed by atoms with Crippen LogP contribution in [0.25, 0.3) is 11.3 Å². The maximum atomic E-state index is 12.8. The maximum Gasteiger partial charge on any atom is 0.287 e. The van der Waals surface area contributed by atoms with Gasteiger partial charge in [-0.3, -0.25) is 9.69 Å². The highest BCUT2D eigenvalue weighted by molar-refractivity contribution is 5.92. The lowest BCUT2D eigenvalue weighted by atomic mass is 9.79. The number of nitrogens with zero attached hydrogens (tertiary/aromatic N) is 1. The molecule has 3 saturated heterocycles. The molecule has 0 spiro atoms. The fraction of sp³-hybridized carbons (Fsp3) is 0.320. The normalized spacial score (nSPS) is 25.1. The second-order valence-corrected chi connectivity index (χ2v) is 8.22. The molecule has 3 aliphatic rings. The number of rotatable bonds is 5. The standard InChI is InChI=1S/C25H26N2O3/c1-17-24(19-13-15-27(17)16-14-19)26-25(28)23-12-11-22(30-23)18-7-9-21(10-8-18)29-20-5-3-2-4-6-20/h2-12,17,19,24H,13-16H2,1H3,(H,26,28)/t17-,24-/m0/s1. The van der Waals surface area contributed by atoms with Crippen LogP contribution >= 0.6 is 0 Å². The molecule has 1 amide bonds. The van der Waals surface area contributed by atoms with Crippen molar-refractivity contribution in [3.05, 3.63) is 72.5 Å². The lowest BCUT2D eigenvalue weighted by Gasteiger charge is -2.49. The van der Waals surface area contributed by atoms with Gasteiger partial charge in [-0.1, -0.05) is 18.2 Å². The largest absolute Gasteiger partial charge is 0.457 e. The molecule has 6 rings (SSSR count). The second-order valence-electron chi connectivity index (χ2n) is 8.22. The Labute approximate surface area is 176 Å². The summed E-state index contributed by atoms with van der Waals surface area (Å²) in [5.41, 5.74) is 0.908. The van der Waals surface area contributed by atoms with Gasteiger partial charge in [0.2, 0.25) is 0 Å². The van der Waals surface area contributed by atoms with Crippen LogP contribution in [0.2, 0.25) is 0 Å². The molecule has 3 aromatic rings.